The van der Waals surface area contributed by atoms with Crippen LogP contribution in [0.25, 0.3) is 0 Å². The van der Waals surface area contributed by atoms with E-state index in [9.17, 15) is 9.59 Å². The molecule has 192 valence electrons. The molecule has 38 heavy (non-hydrogen) atoms. The zero-order chi connectivity index (χ0) is 26.9. The number of fused-ring (bicyclic) bond motifs is 1. The number of anilines is 1. The minimum absolute atomic E-state index is 0.192. The van der Waals surface area contributed by atoms with Gasteiger partial charge in [0.1, 0.15) is 11.5 Å². The van der Waals surface area contributed by atoms with E-state index in [1.807, 2.05) is 43.3 Å². The molecule has 1 heterocycles. The summed E-state index contributed by atoms with van der Waals surface area (Å²) in [6.07, 6.45) is 5.85. The molecule has 0 spiro atoms. The summed E-state index contributed by atoms with van der Waals surface area (Å²) in [6, 6.07) is 23.9. The van der Waals surface area contributed by atoms with E-state index in [-0.39, 0.29) is 17.2 Å². The third-order valence-corrected chi connectivity index (χ3v) is 7.14. The summed E-state index contributed by atoms with van der Waals surface area (Å²) < 4.78 is 11.4. The molecule has 1 saturated heterocycles. The highest BCUT2D eigenvalue weighted by atomic mass is 16.5. The molecule has 2 aliphatic rings. The topological polar surface area (TPSA) is 55.8 Å². The minimum atomic E-state index is -0.336. The second-order valence-electron chi connectivity index (χ2n) is 10.2. The molecule has 5 nitrogen and oxygen atoms in total. The number of amides is 2. The summed E-state index contributed by atoms with van der Waals surface area (Å²) in [7, 11) is 1.70. The average Bonchev–Trinajstić information content (AvgIpc) is 3.03. The number of carbonyl (C=O) groups is 2. The molecule has 0 atom stereocenters. The molecule has 1 aliphatic heterocycles. The van der Waals surface area contributed by atoms with Crippen LogP contribution in [0.15, 0.2) is 108 Å². The Hall–Kier alpha value is -4.22. The van der Waals surface area contributed by atoms with Crippen LogP contribution in [-0.2, 0) is 26.3 Å². The minimum Gasteiger partial charge on any atom is -0.458 e. The van der Waals surface area contributed by atoms with Crippen LogP contribution in [0.5, 0.6) is 5.75 Å². The van der Waals surface area contributed by atoms with Gasteiger partial charge in [-0.1, -0.05) is 68.5 Å². The van der Waals surface area contributed by atoms with E-state index >= 15 is 0 Å². The van der Waals surface area contributed by atoms with E-state index in [0.29, 0.717) is 41.4 Å². The number of ether oxygens (including phenoxy) is 2. The number of allylic oxidation sites excluding steroid dienone is 3. The lowest BCUT2D eigenvalue weighted by atomic mass is 9.78. The van der Waals surface area contributed by atoms with Crippen molar-refractivity contribution in [2.24, 2.45) is 0 Å². The number of imide groups is 1. The standard InChI is InChI=1S/C33H31NO4/c1-22-7-5-8-26(19-22)34-31(35)29-10-6-9-28(20-30(29)32(34)36)38-27-17-15-25(16-18-27)33(2,3)24-13-11-23(12-14-24)21-37-4/h5,7-20H,6,21H2,1-4H3. The van der Waals surface area contributed by atoms with E-state index in [1.165, 1.54) is 10.5 Å². The van der Waals surface area contributed by atoms with E-state index in [4.69, 9.17) is 9.47 Å². The second kappa shape index (κ2) is 10.3. The summed E-state index contributed by atoms with van der Waals surface area (Å²) in [4.78, 5) is 27.6. The van der Waals surface area contributed by atoms with Crippen LogP contribution in [0, 0.1) is 6.92 Å². The van der Waals surface area contributed by atoms with Gasteiger partial charge in [0.25, 0.3) is 11.8 Å². The maximum atomic E-state index is 13.3. The first-order valence-corrected chi connectivity index (χ1v) is 12.7. The first-order valence-electron chi connectivity index (χ1n) is 12.7. The predicted octanol–water partition coefficient (Wildman–Crippen LogP) is 6.56. The molecular formula is C33H31NO4. The van der Waals surface area contributed by atoms with E-state index < -0.39 is 0 Å². The van der Waals surface area contributed by atoms with Gasteiger partial charge < -0.3 is 9.47 Å². The van der Waals surface area contributed by atoms with Crippen molar-refractivity contribution in [1.82, 2.24) is 0 Å². The summed E-state index contributed by atoms with van der Waals surface area (Å²) >= 11 is 0. The molecular weight excluding hydrogens is 474 g/mol. The monoisotopic (exact) mass is 505 g/mol. The van der Waals surface area contributed by atoms with Gasteiger partial charge in [-0.3, -0.25) is 9.59 Å². The molecule has 3 aromatic carbocycles. The van der Waals surface area contributed by atoms with Gasteiger partial charge in [-0.15, -0.1) is 0 Å². The zero-order valence-electron chi connectivity index (χ0n) is 22.2. The van der Waals surface area contributed by atoms with Crippen LogP contribution in [0.1, 0.15) is 42.5 Å². The molecule has 0 aromatic heterocycles. The van der Waals surface area contributed by atoms with Crippen LogP contribution in [0.2, 0.25) is 0 Å². The zero-order valence-corrected chi connectivity index (χ0v) is 22.2. The van der Waals surface area contributed by atoms with Gasteiger partial charge >= 0.3 is 0 Å². The van der Waals surface area contributed by atoms with Gasteiger partial charge in [0.2, 0.25) is 0 Å². The van der Waals surface area contributed by atoms with Crippen LogP contribution in [-0.4, -0.2) is 18.9 Å². The van der Waals surface area contributed by atoms with Crippen molar-refractivity contribution in [2.45, 2.75) is 39.2 Å². The number of benzene rings is 3. The smallest absolute Gasteiger partial charge is 0.266 e. The number of hydrogen-bond donors (Lipinski definition) is 0. The molecule has 1 aliphatic carbocycles. The molecule has 0 N–H and O–H groups in total. The Morgan fingerprint density at radius 1 is 0.842 bits per heavy atom. The maximum Gasteiger partial charge on any atom is 0.266 e. The van der Waals surface area contributed by atoms with Crippen molar-refractivity contribution >= 4 is 17.5 Å². The fourth-order valence-corrected chi connectivity index (χ4v) is 4.89. The normalized spacial score (nSPS) is 15.5. The maximum absolute atomic E-state index is 13.3. The lowest BCUT2D eigenvalue weighted by Crippen LogP contribution is -2.29. The molecule has 0 unspecified atom stereocenters. The van der Waals surface area contributed by atoms with Gasteiger partial charge in [0.15, 0.2) is 0 Å². The van der Waals surface area contributed by atoms with Gasteiger partial charge in [-0.05, 0) is 72.0 Å². The average molecular weight is 506 g/mol. The Morgan fingerprint density at radius 3 is 2.16 bits per heavy atom. The first-order chi connectivity index (χ1) is 18.3. The van der Waals surface area contributed by atoms with E-state index in [0.717, 1.165) is 16.7 Å². The van der Waals surface area contributed by atoms with Gasteiger partial charge in [0.05, 0.1) is 17.9 Å². The SMILES string of the molecule is COCc1ccc(C(C)(C)c2ccc(OC3=CCC=C4C(=O)N(c5cccc(C)c5)C(=O)C4=C3)cc2)cc1. The highest BCUT2D eigenvalue weighted by molar-refractivity contribution is 6.37. The van der Waals surface area contributed by atoms with Crippen molar-refractivity contribution in [3.8, 4) is 5.75 Å². The number of carbonyl (C=O) groups excluding carboxylic acids is 2. The van der Waals surface area contributed by atoms with Gasteiger partial charge in [-0.2, -0.15) is 0 Å². The lowest BCUT2D eigenvalue weighted by Gasteiger charge is -2.26. The predicted molar refractivity (Wildman–Crippen MR) is 149 cm³/mol. The summed E-state index contributed by atoms with van der Waals surface area (Å²) in [5, 5.41) is 0. The summed E-state index contributed by atoms with van der Waals surface area (Å²) in [5.74, 6) is 0.568. The lowest BCUT2D eigenvalue weighted by molar-refractivity contribution is -0.119. The van der Waals surface area contributed by atoms with Gasteiger partial charge in [-0.25, -0.2) is 4.90 Å². The molecule has 5 heteroatoms. The highest BCUT2D eigenvalue weighted by Gasteiger charge is 2.40. The molecule has 0 radical (unpaired) electrons. The van der Waals surface area contributed by atoms with Gasteiger partial charge in [0, 0.05) is 18.1 Å². The summed E-state index contributed by atoms with van der Waals surface area (Å²) in [6.45, 7) is 6.93. The van der Waals surface area contributed by atoms with Crippen LogP contribution >= 0.6 is 0 Å². The third kappa shape index (κ3) is 4.85. The number of nitrogens with zero attached hydrogens (tertiary/aromatic N) is 1. The third-order valence-electron chi connectivity index (χ3n) is 7.14. The Kier molecular flexibility index (Phi) is 6.87. The molecule has 5 rings (SSSR count). The van der Waals surface area contributed by atoms with Crippen molar-refractivity contribution < 1.29 is 19.1 Å². The second-order valence-corrected chi connectivity index (χ2v) is 10.2. The van der Waals surface area contributed by atoms with Crippen LogP contribution in [0.3, 0.4) is 0 Å². The molecule has 2 amide bonds. The Labute approximate surface area is 223 Å². The van der Waals surface area contributed by atoms with Crippen molar-refractivity contribution in [1.29, 1.82) is 0 Å². The highest BCUT2D eigenvalue weighted by Crippen LogP contribution is 2.35. The summed E-state index contributed by atoms with van der Waals surface area (Å²) in [5.41, 5.74) is 5.65. The molecule has 0 saturated carbocycles. The first kappa shape index (κ1) is 25.4. The van der Waals surface area contributed by atoms with Crippen molar-refractivity contribution in [3.05, 3.63) is 130 Å². The molecule has 1 fully saturated rings. The molecule has 3 aromatic rings. The fraction of sp³-hybridized carbons (Fsp3) is 0.212. The van der Waals surface area contributed by atoms with Crippen LogP contribution in [0.4, 0.5) is 5.69 Å². The number of methoxy groups -OCH3 is 1. The quantitative estimate of drug-likeness (QED) is 0.341. The number of aryl methyl sites for hydroxylation is 1. The van der Waals surface area contributed by atoms with Crippen molar-refractivity contribution in [3.63, 3.8) is 0 Å². The number of hydrogen-bond acceptors (Lipinski definition) is 4. The Bertz CT molecular complexity index is 1470. The Balaban J connectivity index is 1.34. The van der Waals surface area contributed by atoms with Crippen LogP contribution < -0.4 is 9.64 Å². The molecule has 0 bridgehead atoms. The van der Waals surface area contributed by atoms with Crippen molar-refractivity contribution in [2.75, 3.05) is 12.0 Å². The largest absolute Gasteiger partial charge is 0.458 e. The Morgan fingerprint density at radius 2 is 1.50 bits per heavy atom. The van der Waals surface area contributed by atoms with E-state index in [2.05, 4.69) is 50.2 Å². The fourth-order valence-electron chi connectivity index (χ4n) is 4.89. The number of rotatable bonds is 7. The van der Waals surface area contributed by atoms with E-state index in [1.54, 1.807) is 25.3 Å².